The molecule has 1 aromatic heterocycles. The summed E-state index contributed by atoms with van der Waals surface area (Å²) in [5, 5.41) is 15.1. The van der Waals surface area contributed by atoms with Crippen LogP contribution in [0.1, 0.15) is 42.6 Å². The highest BCUT2D eigenvalue weighted by Gasteiger charge is 2.55. The SMILES string of the molecule is O=C(NC1C2CC3CC1CC(O)(C3)C2)c1cc(-c2ccc(Cl)cc2Cl)c[nH]1. The van der Waals surface area contributed by atoms with E-state index in [2.05, 4.69) is 10.3 Å². The van der Waals surface area contributed by atoms with Crippen molar-refractivity contribution >= 4 is 29.1 Å². The molecule has 4 bridgehead atoms. The second-order valence-electron chi connectivity index (χ2n) is 8.62. The molecule has 0 aliphatic heterocycles. The van der Waals surface area contributed by atoms with E-state index in [-0.39, 0.29) is 11.9 Å². The molecule has 4 aliphatic carbocycles. The van der Waals surface area contributed by atoms with Crippen LogP contribution in [-0.4, -0.2) is 27.6 Å². The summed E-state index contributed by atoms with van der Waals surface area (Å²) in [4.78, 5) is 15.9. The van der Waals surface area contributed by atoms with Gasteiger partial charge in [-0.25, -0.2) is 0 Å². The Morgan fingerprint density at radius 3 is 2.56 bits per heavy atom. The minimum absolute atomic E-state index is 0.0872. The van der Waals surface area contributed by atoms with Crippen molar-refractivity contribution < 1.29 is 9.90 Å². The summed E-state index contributed by atoms with van der Waals surface area (Å²) >= 11 is 12.2. The number of hydrogen-bond donors (Lipinski definition) is 3. The van der Waals surface area contributed by atoms with Gasteiger partial charge >= 0.3 is 0 Å². The van der Waals surface area contributed by atoms with Crippen molar-refractivity contribution in [3.63, 3.8) is 0 Å². The van der Waals surface area contributed by atoms with Crippen molar-refractivity contribution in [3.05, 3.63) is 46.2 Å². The maximum Gasteiger partial charge on any atom is 0.267 e. The molecular formula is C21H22Cl2N2O2. The topological polar surface area (TPSA) is 65.1 Å². The zero-order valence-electron chi connectivity index (χ0n) is 14.8. The van der Waals surface area contributed by atoms with Gasteiger partial charge in [-0.2, -0.15) is 0 Å². The molecular weight excluding hydrogens is 383 g/mol. The first-order valence-electron chi connectivity index (χ1n) is 9.57. The first-order chi connectivity index (χ1) is 12.9. The van der Waals surface area contributed by atoms with E-state index in [1.54, 1.807) is 18.3 Å². The van der Waals surface area contributed by atoms with Crippen LogP contribution in [0.2, 0.25) is 10.0 Å². The summed E-state index contributed by atoms with van der Waals surface area (Å²) in [6, 6.07) is 7.33. The smallest absolute Gasteiger partial charge is 0.267 e. The predicted molar refractivity (Wildman–Crippen MR) is 106 cm³/mol. The van der Waals surface area contributed by atoms with Gasteiger partial charge in [-0.05, 0) is 68.1 Å². The Bertz CT molecular complexity index is 893. The quantitative estimate of drug-likeness (QED) is 0.696. The van der Waals surface area contributed by atoms with Gasteiger partial charge in [0.15, 0.2) is 0 Å². The zero-order valence-corrected chi connectivity index (χ0v) is 16.4. The van der Waals surface area contributed by atoms with Crippen LogP contribution >= 0.6 is 23.2 Å². The van der Waals surface area contributed by atoms with Gasteiger partial charge in [-0.1, -0.05) is 29.3 Å². The van der Waals surface area contributed by atoms with Crippen molar-refractivity contribution in [3.8, 4) is 11.1 Å². The van der Waals surface area contributed by atoms with Crippen molar-refractivity contribution in [2.45, 2.75) is 43.7 Å². The Morgan fingerprint density at radius 1 is 1.15 bits per heavy atom. The molecule has 2 atom stereocenters. The number of H-pyrrole nitrogens is 1. The minimum atomic E-state index is -0.483. The number of hydrogen-bond acceptors (Lipinski definition) is 2. The van der Waals surface area contributed by atoms with Crippen LogP contribution in [0.5, 0.6) is 0 Å². The summed E-state index contributed by atoms with van der Waals surface area (Å²) in [6.07, 6.45) is 6.63. The van der Waals surface area contributed by atoms with Gasteiger partial charge in [-0.3, -0.25) is 4.79 Å². The van der Waals surface area contributed by atoms with Crippen LogP contribution in [-0.2, 0) is 0 Å². The third kappa shape index (κ3) is 3.08. The van der Waals surface area contributed by atoms with Crippen molar-refractivity contribution in [2.24, 2.45) is 17.8 Å². The zero-order chi connectivity index (χ0) is 18.8. The Hall–Kier alpha value is -1.49. The standard InChI is InChI=1S/C21H22Cl2N2O2/c22-15-1-2-16(17(23)6-15)14-5-18(24-10-14)20(26)25-19-12-3-11-4-13(19)9-21(27,7-11)8-12/h1-2,5-6,10-13,19,24,27H,3-4,7-9H2,(H,25,26). The number of halogens is 2. The molecule has 2 aromatic rings. The number of carbonyl (C=O) groups is 1. The average Bonchev–Trinajstić information content (AvgIpc) is 3.06. The lowest BCUT2D eigenvalue weighted by Gasteiger charge is -2.58. The maximum atomic E-state index is 12.8. The lowest BCUT2D eigenvalue weighted by Crippen LogP contribution is -2.61. The van der Waals surface area contributed by atoms with Crippen LogP contribution in [0.15, 0.2) is 30.5 Å². The molecule has 0 spiro atoms. The number of aliphatic hydroxyl groups is 1. The second kappa shape index (κ2) is 6.26. The highest BCUT2D eigenvalue weighted by Crippen LogP contribution is 2.55. The van der Waals surface area contributed by atoms with Crippen molar-refractivity contribution in [2.75, 3.05) is 0 Å². The molecule has 142 valence electrons. The Morgan fingerprint density at radius 2 is 1.89 bits per heavy atom. The molecule has 2 unspecified atom stereocenters. The van der Waals surface area contributed by atoms with Gasteiger partial charge in [0.2, 0.25) is 0 Å². The number of rotatable bonds is 3. The molecule has 1 aromatic carbocycles. The van der Waals surface area contributed by atoms with Gasteiger partial charge < -0.3 is 15.4 Å². The first kappa shape index (κ1) is 17.6. The van der Waals surface area contributed by atoms with E-state index in [1.807, 2.05) is 12.1 Å². The molecule has 27 heavy (non-hydrogen) atoms. The van der Waals surface area contributed by atoms with Crippen molar-refractivity contribution in [1.82, 2.24) is 10.3 Å². The summed E-state index contributed by atoms with van der Waals surface area (Å²) in [7, 11) is 0. The number of nitrogens with one attached hydrogen (secondary N) is 2. The monoisotopic (exact) mass is 404 g/mol. The number of benzene rings is 1. The fourth-order valence-electron chi connectivity index (χ4n) is 5.85. The van der Waals surface area contributed by atoms with E-state index in [4.69, 9.17) is 23.2 Å². The van der Waals surface area contributed by atoms with E-state index >= 15 is 0 Å². The number of aromatic amines is 1. The largest absolute Gasteiger partial charge is 0.390 e. The van der Waals surface area contributed by atoms with Crippen LogP contribution in [0, 0.1) is 17.8 Å². The van der Waals surface area contributed by atoms with E-state index in [1.165, 1.54) is 0 Å². The average molecular weight is 405 g/mol. The van der Waals surface area contributed by atoms with Gasteiger partial charge in [0, 0.05) is 33.4 Å². The maximum absolute atomic E-state index is 12.8. The second-order valence-corrected chi connectivity index (χ2v) is 9.46. The van der Waals surface area contributed by atoms with Crippen LogP contribution in [0.4, 0.5) is 0 Å². The number of carbonyl (C=O) groups excluding carboxylic acids is 1. The lowest BCUT2D eigenvalue weighted by atomic mass is 9.52. The Balaban J connectivity index is 1.33. The molecule has 1 amide bonds. The van der Waals surface area contributed by atoms with Crippen LogP contribution in [0.3, 0.4) is 0 Å². The third-order valence-electron chi connectivity index (χ3n) is 6.71. The highest BCUT2D eigenvalue weighted by atomic mass is 35.5. The van der Waals surface area contributed by atoms with Crippen molar-refractivity contribution in [1.29, 1.82) is 0 Å². The molecule has 6 heteroatoms. The molecule has 3 N–H and O–H groups in total. The Labute approximate surface area is 168 Å². The lowest BCUT2D eigenvalue weighted by molar-refractivity contribution is -0.136. The third-order valence-corrected chi connectivity index (χ3v) is 7.26. The van der Waals surface area contributed by atoms with E-state index < -0.39 is 5.60 Å². The van der Waals surface area contributed by atoms with E-state index in [9.17, 15) is 9.90 Å². The van der Waals surface area contributed by atoms with Crippen LogP contribution < -0.4 is 5.32 Å². The van der Waals surface area contributed by atoms with Gasteiger partial charge in [0.05, 0.1) is 5.60 Å². The molecule has 6 rings (SSSR count). The molecule has 4 nitrogen and oxygen atoms in total. The highest BCUT2D eigenvalue weighted by molar-refractivity contribution is 6.36. The summed E-state index contributed by atoms with van der Waals surface area (Å²) in [5.74, 6) is 1.33. The fraction of sp³-hybridized carbons (Fsp3) is 0.476. The Kier molecular flexibility index (Phi) is 4.08. The summed E-state index contributed by atoms with van der Waals surface area (Å²) in [6.45, 7) is 0. The number of amides is 1. The normalized spacial score (nSPS) is 34.0. The van der Waals surface area contributed by atoms with Crippen LogP contribution in [0.25, 0.3) is 11.1 Å². The fourth-order valence-corrected chi connectivity index (χ4v) is 6.37. The number of aromatic nitrogens is 1. The molecule has 0 radical (unpaired) electrons. The molecule has 4 fully saturated rings. The first-order valence-corrected chi connectivity index (χ1v) is 10.3. The molecule has 1 heterocycles. The van der Waals surface area contributed by atoms with Gasteiger partial charge in [0.25, 0.3) is 5.91 Å². The minimum Gasteiger partial charge on any atom is -0.390 e. The molecule has 0 saturated heterocycles. The molecule has 4 saturated carbocycles. The van der Waals surface area contributed by atoms with E-state index in [0.717, 1.165) is 43.2 Å². The summed E-state index contributed by atoms with van der Waals surface area (Å²) < 4.78 is 0. The van der Waals surface area contributed by atoms with E-state index in [0.29, 0.717) is 33.5 Å². The predicted octanol–water partition coefficient (Wildman–Crippen LogP) is 4.66. The van der Waals surface area contributed by atoms with Gasteiger partial charge in [-0.15, -0.1) is 0 Å². The summed E-state index contributed by atoms with van der Waals surface area (Å²) in [5.41, 5.74) is 1.75. The van der Waals surface area contributed by atoms with Gasteiger partial charge in [0.1, 0.15) is 5.69 Å². The molecule has 4 aliphatic rings.